The Hall–Kier alpha value is -1.58. The second-order valence-electron chi connectivity index (χ2n) is 5.08. The largest absolute Gasteiger partial charge is 0.350 e. The van der Waals surface area contributed by atoms with Gasteiger partial charge in [0.05, 0.1) is 6.04 Å². The summed E-state index contributed by atoms with van der Waals surface area (Å²) >= 11 is 11.9. The number of hydrogen-bond donors (Lipinski definition) is 1. The molecule has 0 unspecified atom stereocenters. The van der Waals surface area contributed by atoms with Crippen molar-refractivity contribution in [3.8, 4) is 0 Å². The lowest BCUT2D eigenvalue weighted by molar-refractivity contribution is -0.121. The quantitative estimate of drug-likeness (QED) is 0.820. The monoisotopic (exact) mass is 339 g/mol. The fourth-order valence-electron chi connectivity index (χ4n) is 2.12. The summed E-state index contributed by atoms with van der Waals surface area (Å²) in [7, 11) is 0. The molecule has 2 aromatic carbocycles. The molecule has 0 aliphatic rings. The van der Waals surface area contributed by atoms with Crippen molar-refractivity contribution in [2.24, 2.45) is 0 Å². The van der Waals surface area contributed by atoms with Gasteiger partial charge in [-0.3, -0.25) is 4.79 Å². The zero-order valence-corrected chi connectivity index (χ0v) is 13.6. The summed E-state index contributed by atoms with van der Waals surface area (Å²) in [5.41, 5.74) is 1.75. The van der Waals surface area contributed by atoms with E-state index in [1.165, 1.54) is 12.1 Å². The van der Waals surface area contributed by atoms with E-state index in [1.807, 2.05) is 13.0 Å². The van der Waals surface area contributed by atoms with Crippen LogP contribution in [0.1, 0.15) is 30.5 Å². The predicted octanol–water partition coefficient (Wildman–Crippen LogP) is 4.94. The SMILES string of the molecule is C[C@@H](NC(=O)CCc1ccc(Cl)cc1Cl)c1ccc(F)cc1. The Kier molecular flexibility index (Phi) is 5.81. The van der Waals surface area contributed by atoms with Crippen LogP contribution in [0.5, 0.6) is 0 Å². The number of amides is 1. The highest BCUT2D eigenvalue weighted by molar-refractivity contribution is 6.35. The molecule has 22 heavy (non-hydrogen) atoms. The van der Waals surface area contributed by atoms with Gasteiger partial charge in [0.25, 0.3) is 0 Å². The van der Waals surface area contributed by atoms with Crippen molar-refractivity contribution >= 4 is 29.1 Å². The summed E-state index contributed by atoms with van der Waals surface area (Å²) in [4.78, 5) is 12.0. The van der Waals surface area contributed by atoms with Gasteiger partial charge in [-0.05, 0) is 48.7 Å². The molecule has 0 radical (unpaired) electrons. The van der Waals surface area contributed by atoms with Crippen LogP contribution >= 0.6 is 23.2 Å². The van der Waals surface area contributed by atoms with Crippen molar-refractivity contribution in [1.29, 1.82) is 0 Å². The molecule has 0 aliphatic heterocycles. The standard InChI is InChI=1S/C17H16Cl2FNO/c1-11(12-3-7-15(20)8-4-12)21-17(22)9-5-13-2-6-14(18)10-16(13)19/h2-4,6-8,10-11H,5,9H2,1H3,(H,21,22)/t11-/m1/s1. The number of aryl methyl sites for hydroxylation is 1. The Balaban J connectivity index is 1.88. The van der Waals surface area contributed by atoms with E-state index in [1.54, 1.807) is 24.3 Å². The topological polar surface area (TPSA) is 29.1 Å². The van der Waals surface area contributed by atoms with Crippen molar-refractivity contribution in [3.63, 3.8) is 0 Å². The fourth-order valence-corrected chi connectivity index (χ4v) is 2.62. The van der Waals surface area contributed by atoms with Gasteiger partial charge in [-0.15, -0.1) is 0 Å². The minimum atomic E-state index is -0.292. The third-order valence-electron chi connectivity index (χ3n) is 3.38. The van der Waals surface area contributed by atoms with E-state index in [9.17, 15) is 9.18 Å². The van der Waals surface area contributed by atoms with Crippen molar-refractivity contribution in [3.05, 3.63) is 69.5 Å². The van der Waals surface area contributed by atoms with Crippen LogP contribution in [0.25, 0.3) is 0 Å². The van der Waals surface area contributed by atoms with Gasteiger partial charge >= 0.3 is 0 Å². The first-order valence-corrected chi connectivity index (χ1v) is 7.70. The van der Waals surface area contributed by atoms with Crippen molar-refractivity contribution < 1.29 is 9.18 Å². The van der Waals surface area contributed by atoms with Gasteiger partial charge in [0.1, 0.15) is 5.82 Å². The van der Waals surface area contributed by atoms with Crippen LogP contribution in [0.2, 0.25) is 10.0 Å². The summed E-state index contributed by atoms with van der Waals surface area (Å²) in [5, 5.41) is 4.02. The molecule has 0 bridgehead atoms. The first-order valence-electron chi connectivity index (χ1n) is 6.94. The third-order valence-corrected chi connectivity index (χ3v) is 3.97. The Bertz CT molecular complexity index is 658. The maximum atomic E-state index is 12.9. The molecule has 0 aromatic heterocycles. The molecule has 0 spiro atoms. The van der Waals surface area contributed by atoms with E-state index in [-0.39, 0.29) is 17.8 Å². The number of nitrogens with one attached hydrogen (secondary N) is 1. The molecule has 0 saturated carbocycles. The number of rotatable bonds is 5. The zero-order chi connectivity index (χ0) is 16.1. The Morgan fingerprint density at radius 3 is 2.50 bits per heavy atom. The minimum Gasteiger partial charge on any atom is -0.350 e. The van der Waals surface area contributed by atoms with Crippen LogP contribution in [0.15, 0.2) is 42.5 Å². The summed E-state index contributed by atoms with van der Waals surface area (Å²) in [6.07, 6.45) is 0.866. The molecule has 0 heterocycles. The lowest BCUT2D eigenvalue weighted by Crippen LogP contribution is -2.26. The second-order valence-corrected chi connectivity index (χ2v) is 5.92. The summed E-state index contributed by atoms with van der Waals surface area (Å²) in [6.45, 7) is 1.86. The summed E-state index contributed by atoms with van der Waals surface area (Å²) in [6, 6.07) is 11.2. The molecule has 1 amide bonds. The number of halogens is 3. The lowest BCUT2D eigenvalue weighted by atomic mass is 10.1. The fraction of sp³-hybridized carbons (Fsp3) is 0.235. The van der Waals surface area contributed by atoms with Crippen LogP contribution in [0, 0.1) is 5.82 Å². The van der Waals surface area contributed by atoms with E-state index in [4.69, 9.17) is 23.2 Å². The Morgan fingerprint density at radius 1 is 1.18 bits per heavy atom. The molecule has 2 nitrogen and oxygen atoms in total. The average molecular weight is 340 g/mol. The molecular formula is C17H16Cl2FNO. The molecule has 1 atom stereocenters. The number of hydrogen-bond acceptors (Lipinski definition) is 1. The summed E-state index contributed by atoms with van der Waals surface area (Å²) < 4.78 is 12.9. The number of benzene rings is 2. The molecule has 0 saturated heterocycles. The van der Waals surface area contributed by atoms with Crippen LogP contribution in [0.3, 0.4) is 0 Å². The van der Waals surface area contributed by atoms with Gasteiger partial charge in [-0.25, -0.2) is 4.39 Å². The highest BCUT2D eigenvalue weighted by Gasteiger charge is 2.11. The van der Waals surface area contributed by atoms with E-state index in [0.717, 1.165) is 11.1 Å². The lowest BCUT2D eigenvalue weighted by Gasteiger charge is -2.14. The van der Waals surface area contributed by atoms with Crippen molar-refractivity contribution in [2.45, 2.75) is 25.8 Å². The van der Waals surface area contributed by atoms with Gasteiger partial charge in [0, 0.05) is 16.5 Å². The van der Waals surface area contributed by atoms with E-state index in [2.05, 4.69) is 5.32 Å². The van der Waals surface area contributed by atoms with E-state index in [0.29, 0.717) is 22.9 Å². The molecular weight excluding hydrogens is 324 g/mol. The zero-order valence-electron chi connectivity index (χ0n) is 12.1. The van der Waals surface area contributed by atoms with Gasteiger partial charge in [-0.1, -0.05) is 41.4 Å². The van der Waals surface area contributed by atoms with Crippen LogP contribution in [-0.2, 0) is 11.2 Å². The maximum absolute atomic E-state index is 12.9. The summed E-state index contributed by atoms with van der Waals surface area (Å²) in [5.74, 6) is -0.373. The molecule has 1 N–H and O–H groups in total. The van der Waals surface area contributed by atoms with Gasteiger partial charge in [0.15, 0.2) is 0 Å². The molecule has 2 aromatic rings. The van der Waals surface area contributed by atoms with Crippen LogP contribution in [0.4, 0.5) is 4.39 Å². The number of carbonyl (C=O) groups excluding carboxylic acids is 1. The van der Waals surface area contributed by atoms with Crippen LogP contribution < -0.4 is 5.32 Å². The minimum absolute atomic E-state index is 0.0807. The second kappa shape index (κ2) is 7.61. The van der Waals surface area contributed by atoms with E-state index < -0.39 is 0 Å². The first kappa shape index (κ1) is 16.8. The van der Waals surface area contributed by atoms with Gasteiger partial charge in [-0.2, -0.15) is 0 Å². The number of carbonyl (C=O) groups is 1. The normalized spacial score (nSPS) is 12.0. The smallest absolute Gasteiger partial charge is 0.220 e. The molecule has 2 rings (SSSR count). The Morgan fingerprint density at radius 2 is 1.86 bits per heavy atom. The average Bonchev–Trinajstić information content (AvgIpc) is 2.47. The molecule has 116 valence electrons. The predicted molar refractivity (Wildman–Crippen MR) is 87.7 cm³/mol. The maximum Gasteiger partial charge on any atom is 0.220 e. The van der Waals surface area contributed by atoms with Crippen molar-refractivity contribution in [1.82, 2.24) is 5.32 Å². The molecule has 5 heteroatoms. The third kappa shape index (κ3) is 4.72. The molecule has 0 aliphatic carbocycles. The first-order chi connectivity index (χ1) is 10.5. The van der Waals surface area contributed by atoms with E-state index >= 15 is 0 Å². The highest BCUT2D eigenvalue weighted by atomic mass is 35.5. The molecule has 0 fully saturated rings. The highest BCUT2D eigenvalue weighted by Crippen LogP contribution is 2.22. The Labute approximate surface area is 139 Å². The van der Waals surface area contributed by atoms with Gasteiger partial charge in [0.2, 0.25) is 5.91 Å². The van der Waals surface area contributed by atoms with Crippen molar-refractivity contribution in [2.75, 3.05) is 0 Å². The van der Waals surface area contributed by atoms with Gasteiger partial charge < -0.3 is 5.32 Å². The van der Waals surface area contributed by atoms with Crippen LogP contribution in [-0.4, -0.2) is 5.91 Å².